The molecule has 20 heavy (non-hydrogen) atoms. The highest BCUT2D eigenvalue weighted by Gasteiger charge is 2.25. The number of hydrogen-bond acceptors (Lipinski definition) is 3. The van der Waals surface area contributed by atoms with Crippen LogP contribution in [0.15, 0.2) is 36.7 Å². The predicted molar refractivity (Wildman–Crippen MR) is 77.5 cm³/mol. The fourth-order valence-corrected chi connectivity index (χ4v) is 2.51. The van der Waals surface area contributed by atoms with Crippen LogP contribution >= 0.6 is 0 Å². The van der Waals surface area contributed by atoms with Crippen molar-refractivity contribution in [1.82, 2.24) is 14.9 Å². The Bertz CT molecular complexity index is 595. The third-order valence-electron chi connectivity index (χ3n) is 3.66. The Morgan fingerprint density at radius 1 is 1.50 bits per heavy atom. The average molecular weight is 270 g/mol. The fraction of sp³-hybridized carbons (Fsp3) is 0.333. The van der Waals surface area contributed by atoms with E-state index in [2.05, 4.69) is 21.7 Å². The first-order valence-electron chi connectivity index (χ1n) is 6.82. The number of hydrogen-bond donors (Lipinski definition) is 2. The van der Waals surface area contributed by atoms with Crippen molar-refractivity contribution in [2.45, 2.75) is 18.9 Å². The molecule has 0 saturated heterocycles. The van der Waals surface area contributed by atoms with Crippen LogP contribution in [0.2, 0.25) is 0 Å². The summed E-state index contributed by atoms with van der Waals surface area (Å²) in [6.07, 6.45) is 5.18. The first-order valence-corrected chi connectivity index (χ1v) is 6.82. The Labute approximate surface area is 118 Å². The zero-order valence-electron chi connectivity index (χ0n) is 11.5. The lowest BCUT2D eigenvalue weighted by Gasteiger charge is -2.11. The van der Waals surface area contributed by atoms with Crippen LogP contribution in [0, 0.1) is 0 Å². The molecule has 1 unspecified atom stereocenters. The number of anilines is 1. The average Bonchev–Trinajstić information content (AvgIpc) is 3.05. The van der Waals surface area contributed by atoms with Crippen LogP contribution in [0.4, 0.5) is 5.69 Å². The molecule has 0 radical (unpaired) electrons. The smallest absolute Gasteiger partial charge is 0.242 e. The molecule has 2 heterocycles. The Hall–Kier alpha value is -2.30. The maximum absolute atomic E-state index is 12.1. The van der Waals surface area contributed by atoms with Crippen LogP contribution < -0.4 is 10.6 Å². The van der Waals surface area contributed by atoms with Gasteiger partial charge in [-0.1, -0.05) is 18.2 Å². The molecule has 1 atom stereocenters. The topological polar surface area (TPSA) is 59.0 Å². The normalized spacial score (nSPS) is 16.6. The molecule has 5 nitrogen and oxygen atoms in total. The largest absolute Gasteiger partial charge is 0.373 e. The number of aromatic nitrogens is 2. The second kappa shape index (κ2) is 5.36. The van der Waals surface area contributed by atoms with Crippen molar-refractivity contribution in [1.29, 1.82) is 0 Å². The van der Waals surface area contributed by atoms with Gasteiger partial charge in [0.05, 0.1) is 0 Å². The van der Waals surface area contributed by atoms with Crippen molar-refractivity contribution < 1.29 is 4.79 Å². The van der Waals surface area contributed by atoms with Gasteiger partial charge in [-0.05, 0) is 11.6 Å². The number of para-hydroxylation sites is 1. The quantitative estimate of drug-likeness (QED) is 0.875. The van der Waals surface area contributed by atoms with Gasteiger partial charge in [0.2, 0.25) is 5.91 Å². The number of rotatable bonds is 4. The first kappa shape index (κ1) is 12.7. The van der Waals surface area contributed by atoms with Gasteiger partial charge < -0.3 is 15.2 Å². The van der Waals surface area contributed by atoms with Gasteiger partial charge in [0, 0.05) is 44.5 Å². The Kier molecular flexibility index (Phi) is 3.41. The standard InChI is InChI=1S/C15H18N4O/c1-19-9-8-16-14(19)6-7-17-15(20)13-10-11-4-2-3-5-12(11)18-13/h2-5,8-9,13,18H,6-7,10H2,1H3,(H,17,20). The Balaban J connectivity index is 1.50. The Morgan fingerprint density at radius 3 is 3.10 bits per heavy atom. The van der Waals surface area contributed by atoms with E-state index >= 15 is 0 Å². The highest BCUT2D eigenvalue weighted by Crippen LogP contribution is 2.24. The molecule has 0 saturated carbocycles. The van der Waals surface area contributed by atoms with Crippen molar-refractivity contribution in [3.05, 3.63) is 48.0 Å². The molecule has 1 aliphatic heterocycles. The molecule has 1 aliphatic rings. The molecular formula is C15H18N4O. The fourth-order valence-electron chi connectivity index (χ4n) is 2.51. The molecule has 0 aliphatic carbocycles. The lowest BCUT2D eigenvalue weighted by molar-refractivity contribution is -0.121. The van der Waals surface area contributed by atoms with E-state index in [9.17, 15) is 4.79 Å². The molecule has 0 bridgehead atoms. The van der Waals surface area contributed by atoms with E-state index in [-0.39, 0.29) is 11.9 Å². The molecule has 1 aromatic heterocycles. The Morgan fingerprint density at radius 2 is 2.35 bits per heavy atom. The van der Waals surface area contributed by atoms with Crippen molar-refractivity contribution >= 4 is 11.6 Å². The third kappa shape index (κ3) is 2.52. The summed E-state index contributed by atoms with van der Waals surface area (Å²) in [5.41, 5.74) is 2.27. The minimum absolute atomic E-state index is 0.0513. The highest BCUT2D eigenvalue weighted by atomic mass is 16.2. The molecule has 0 spiro atoms. The van der Waals surface area contributed by atoms with E-state index in [4.69, 9.17) is 0 Å². The van der Waals surface area contributed by atoms with Gasteiger partial charge in [-0.2, -0.15) is 0 Å². The van der Waals surface area contributed by atoms with E-state index in [1.54, 1.807) is 6.20 Å². The summed E-state index contributed by atoms with van der Waals surface area (Å²) in [7, 11) is 1.96. The van der Waals surface area contributed by atoms with Crippen molar-refractivity contribution in [3.8, 4) is 0 Å². The van der Waals surface area contributed by atoms with Crippen LogP contribution in [-0.4, -0.2) is 28.0 Å². The molecule has 5 heteroatoms. The highest BCUT2D eigenvalue weighted by molar-refractivity contribution is 5.87. The summed E-state index contributed by atoms with van der Waals surface area (Å²) in [6, 6.07) is 7.89. The van der Waals surface area contributed by atoms with Crippen molar-refractivity contribution in [2.24, 2.45) is 7.05 Å². The summed E-state index contributed by atoms with van der Waals surface area (Å²) in [6.45, 7) is 0.609. The van der Waals surface area contributed by atoms with Gasteiger partial charge in [-0.25, -0.2) is 4.98 Å². The molecular weight excluding hydrogens is 252 g/mol. The summed E-state index contributed by atoms with van der Waals surface area (Å²) < 4.78 is 1.97. The van der Waals surface area contributed by atoms with Gasteiger partial charge in [0.1, 0.15) is 11.9 Å². The van der Waals surface area contributed by atoms with Gasteiger partial charge in [-0.15, -0.1) is 0 Å². The van der Waals surface area contributed by atoms with Crippen LogP contribution in [0.1, 0.15) is 11.4 Å². The number of carbonyl (C=O) groups is 1. The van der Waals surface area contributed by atoms with E-state index in [0.717, 1.165) is 24.4 Å². The number of nitrogens with one attached hydrogen (secondary N) is 2. The number of aryl methyl sites for hydroxylation is 1. The van der Waals surface area contributed by atoms with Crippen molar-refractivity contribution in [2.75, 3.05) is 11.9 Å². The van der Waals surface area contributed by atoms with Gasteiger partial charge >= 0.3 is 0 Å². The zero-order valence-corrected chi connectivity index (χ0v) is 11.5. The zero-order chi connectivity index (χ0) is 13.9. The summed E-state index contributed by atoms with van der Waals surface area (Å²) in [4.78, 5) is 16.4. The number of imidazole rings is 1. The number of carbonyl (C=O) groups excluding carboxylic acids is 1. The van der Waals surface area contributed by atoms with Crippen LogP contribution in [-0.2, 0) is 24.7 Å². The van der Waals surface area contributed by atoms with Crippen molar-refractivity contribution in [3.63, 3.8) is 0 Å². The van der Waals surface area contributed by atoms with Crippen LogP contribution in [0.25, 0.3) is 0 Å². The summed E-state index contributed by atoms with van der Waals surface area (Å²) in [5.74, 6) is 1.03. The third-order valence-corrected chi connectivity index (χ3v) is 3.66. The number of nitrogens with zero attached hydrogens (tertiary/aromatic N) is 2. The second-order valence-corrected chi connectivity index (χ2v) is 5.05. The summed E-state index contributed by atoms with van der Waals surface area (Å²) in [5, 5.41) is 6.23. The lowest BCUT2D eigenvalue weighted by atomic mass is 10.1. The van der Waals surface area contributed by atoms with Gasteiger partial charge in [-0.3, -0.25) is 4.79 Å². The monoisotopic (exact) mass is 270 g/mol. The molecule has 2 N–H and O–H groups in total. The van der Waals surface area contributed by atoms with Gasteiger partial charge in [0.15, 0.2) is 0 Å². The number of fused-ring (bicyclic) bond motifs is 1. The van der Waals surface area contributed by atoms with E-state index < -0.39 is 0 Å². The SMILES string of the molecule is Cn1ccnc1CCNC(=O)C1Cc2ccccc2N1. The summed E-state index contributed by atoms with van der Waals surface area (Å²) >= 11 is 0. The maximum atomic E-state index is 12.1. The molecule has 3 rings (SSSR count). The van der Waals surface area contributed by atoms with Crippen LogP contribution in [0.3, 0.4) is 0 Å². The molecule has 104 valence electrons. The van der Waals surface area contributed by atoms with E-state index in [0.29, 0.717) is 6.54 Å². The minimum Gasteiger partial charge on any atom is -0.373 e. The molecule has 1 aromatic carbocycles. The lowest BCUT2D eigenvalue weighted by Crippen LogP contribution is -2.39. The van der Waals surface area contributed by atoms with E-state index in [1.165, 1.54) is 5.56 Å². The molecule has 1 amide bonds. The van der Waals surface area contributed by atoms with E-state index in [1.807, 2.05) is 36.0 Å². The minimum atomic E-state index is -0.159. The number of benzene rings is 1. The molecule has 2 aromatic rings. The second-order valence-electron chi connectivity index (χ2n) is 5.05. The molecule has 0 fully saturated rings. The predicted octanol–water partition coefficient (Wildman–Crippen LogP) is 1.12. The number of amides is 1. The van der Waals surface area contributed by atoms with Gasteiger partial charge in [0.25, 0.3) is 0 Å². The first-order chi connectivity index (χ1) is 9.74. The maximum Gasteiger partial charge on any atom is 0.242 e. The van der Waals surface area contributed by atoms with Crippen LogP contribution in [0.5, 0.6) is 0 Å².